The smallest absolute Gasteiger partial charge is 0.0800 e. The van der Waals surface area contributed by atoms with Crippen molar-refractivity contribution in [1.82, 2.24) is 14.5 Å². The van der Waals surface area contributed by atoms with Crippen LogP contribution in [0.25, 0.3) is 0 Å². The highest BCUT2D eigenvalue weighted by molar-refractivity contribution is 7.13. The zero-order valence-electron chi connectivity index (χ0n) is 8.20. The molecule has 0 amide bonds. The summed E-state index contributed by atoms with van der Waals surface area (Å²) in [6.07, 6.45) is 3.32. The monoisotopic (exact) mass is 197 g/mol. The Morgan fingerprint density at radius 3 is 3.00 bits per heavy atom. The van der Waals surface area contributed by atoms with Gasteiger partial charge in [-0.2, -0.15) is 5.10 Å². The Morgan fingerprint density at radius 1 is 1.54 bits per heavy atom. The van der Waals surface area contributed by atoms with Gasteiger partial charge in [-0.15, -0.1) is 0 Å². The number of hydrogen-bond donors (Lipinski definition) is 0. The molecule has 1 aromatic heterocycles. The molecule has 1 unspecified atom stereocenters. The van der Waals surface area contributed by atoms with Crippen molar-refractivity contribution >= 4 is 9.39 Å². The molecule has 0 radical (unpaired) electrons. The van der Waals surface area contributed by atoms with Crippen LogP contribution >= 0.6 is 9.39 Å². The van der Waals surface area contributed by atoms with Crippen LogP contribution < -0.4 is 0 Å². The molecule has 0 bridgehead atoms. The summed E-state index contributed by atoms with van der Waals surface area (Å²) in [4.78, 5) is 0. The summed E-state index contributed by atoms with van der Waals surface area (Å²) in [5, 5.41) is 4.56. The van der Waals surface area contributed by atoms with Gasteiger partial charge in [-0.3, -0.25) is 9.35 Å². The molecule has 0 saturated carbocycles. The van der Waals surface area contributed by atoms with Crippen molar-refractivity contribution in [3.63, 3.8) is 0 Å². The van der Waals surface area contributed by atoms with Crippen LogP contribution in [0.4, 0.5) is 0 Å². The lowest BCUT2D eigenvalue weighted by Crippen LogP contribution is -2.20. The first kappa shape index (κ1) is 9.17. The highest BCUT2D eigenvalue weighted by Crippen LogP contribution is 2.20. The Labute approximate surface area is 81.4 Å². The number of aromatic nitrogens is 2. The van der Waals surface area contributed by atoms with Crippen molar-refractivity contribution in [2.45, 2.75) is 32.9 Å². The van der Waals surface area contributed by atoms with Crippen molar-refractivity contribution in [2.75, 3.05) is 6.54 Å². The van der Waals surface area contributed by atoms with E-state index in [0.717, 1.165) is 19.5 Å². The van der Waals surface area contributed by atoms with Gasteiger partial charge in [-0.05, 0) is 25.8 Å². The second-order valence-electron chi connectivity index (χ2n) is 3.90. The van der Waals surface area contributed by atoms with E-state index in [4.69, 9.17) is 0 Å². The van der Waals surface area contributed by atoms with Gasteiger partial charge in [-0.1, -0.05) is 9.39 Å². The van der Waals surface area contributed by atoms with E-state index < -0.39 is 0 Å². The van der Waals surface area contributed by atoms with Crippen molar-refractivity contribution in [3.05, 3.63) is 17.5 Å². The molecule has 1 aliphatic heterocycles. The van der Waals surface area contributed by atoms with E-state index in [1.807, 2.05) is 0 Å². The van der Waals surface area contributed by atoms with Gasteiger partial charge in [0.25, 0.3) is 0 Å². The largest absolute Gasteiger partial charge is 0.281 e. The summed E-state index contributed by atoms with van der Waals surface area (Å²) < 4.78 is 4.30. The lowest BCUT2D eigenvalue weighted by atomic mass is 10.1. The first-order valence-electron chi connectivity index (χ1n) is 4.73. The average Bonchev–Trinajstić information content (AvgIpc) is 2.46. The minimum Gasteiger partial charge on any atom is -0.281 e. The molecule has 0 spiro atoms. The number of fused-ring (bicyclic) bond motifs is 1. The summed E-state index contributed by atoms with van der Waals surface area (Å²) in [5.74, 6) is 0. The Bertz CT molecular complexity index is 306. The summed E-state index contributed by atoms with van der Waals surface area (Å²) in [7, 11) is 2.74. The summed E-state index contributed by atoms with van der Waals surface area (Å²) >= 11 is 0. The molecular weight excluding hydrogens is 181 g/mol. The van der Waals surface area contributed by atoms with Gasteiger partial charge < -0.3 is 0 Å². The fourth-order valence-electron chi connectivity index (χ4n) is 1.61. The number of nitrogens with zero attached hydrogens (tertiary/aromatic N) is 3. The van der Waals surface area contributed by atoms with Crippen LogP contribution in [-0.2, 0) is 13.0 Å². The zero-order chi connectivity index (χ0) is 9.42. The molecule has 3 nitrogen and oxygen atoms in total. The van der Waals surface area contributed by atoms with E-state index in [1.165, 1.54) is 11.3 Å². The first-order valence-corrected chi connectivity index (χ1v) is 5.25. The predicted octanol–water partition coefficient (Wildman–Crippen LogP) is 1.61. The van der Waals surface area contributed by atoms with Crippen LogP contribution in [0.1, 0.15) is 31.1 Å². The molecule has 1 aliphatic rings. The molecule has 0 aromatic carbocycles. The fourth-order valence-corrected chi connectivity index (χ4v) is 1.91. The molecule has 13 heavy (non-hydrogen) atoms. The van der Waals surface area contributed by atoms with Crippen molar-refractivity contribution < 1.29 is 0 Å². The highest BCUT2D eigenvalue weighted by atomic mass is 31.0. The minimum absolute atomic E-state index is 0.476. The maximum Gasteiger partial charge on any atom is 0.0800 e. The Morgan fingerprint density at radius 2 is 2.31 bits per heavy atom. The quantitative estimate of drug-likeness (QED) is 0.638. The molecule has 0 fully saturated rings. The molecule has 0 saturated heterocycles. The van der Waals surface area contributed by atoms with Crippen LogP contribution in [0.5, 0.6) is 0 Å². The van der Waals surface area contributed by atoms with Gasteiger partial charge in [-0.25, -0.2) is 0 Å². The third-order valence-corrected chi connectivity index (χ3v) is 2.89. The SMILES string of the molecule is CC(C)n1cc2c(n1)CN(P)CC2. The molecule has 72 valence electrons. The highest BCUT2D eigenvalue weighted by Gasteiger charge is 2.17. The normalized spacial score (nSPS) is 17.8. The second kappa shape index (κ2) is 3.39. The molecule has 2 heterocycles. The third kappa shape index (κ3) is 1.77. The van der Waals surface area contributed by atoms with Crippen LogP contribution in [0.2, 0.25) is 0 Å². The second-order valence-corrected chi connectivity index (χ2v) is 4.63. The Hall–Kier alpha value is -0.400. The molecule has 0 aliphatic carbocycles. The summed E-state index contributed by atoms with van der Waals surface area (Å²) in [6.45, 7) is 6.43. The Kier molecular flexibility index (Phi) is 2.39. The van der Waals surface area contributed by atoms with Crippen LogP contribution in [0.15, 0.2) is 6.20 Å². The van der Waals surface area contributed by atoms with E-state index >= 15 is 0 Å². The van der Waals surface area contributed by atoms with Gasteiger partial charge in [0, 0.05) is 25.3 Å². The van der Waals surface area contributed by atoms with Crippen molar-refractivity contribution in [2.24, 2.45) is 0 Å². The lowest BCUT2D eigenvalue weighted by Gasteiger charge is -2.20. The minimum atomic E-state index is 0.476. The van der Waals surface area contributed by atoms with Gasteiger partial charge in [0.1, 0.15) is 0 Å². The zero-order valence-corrected chi connectivity index (χ0v) is 9.35. The van der Waals surface area contributed by atoms with Crippen LogP contribution in [-0.4, -0.2) is 21.0 Å². The maximum absolute atomic E-state index is 4.56. The number of rotatable bonds is 1. The maximum atomic E-state index is 4.56. The molecular formula is C9H16N3P. The van der Waals surface area contributed by atoms with Gasteiger partial charge in [0.15, 0.2) is 0 Å². The standard InChI is InChI=1S/C9H16N3P/c1-7(2)12-5-8-3-4-11(13)6-9(8)10-12/h5,7H,3-4,6,13H2,1-2H3. The molecule has 2 rings (SSSR count). The van der Waals surface area contributed by atoms with E-state index in [0.29, 0.717) is 6.04 Å². The van der Waals surface area contributed by atoms with E-state index in [2.05, 4.69) is 43.9 Å². The van der Waals surface area contributed by atoms with Crippen LogP contribution in [0, 0.1) is 0 Å². The Balaban J connectivity index is 2.28. The molecule has 0 N–H and O–H groups in total. The van der Waals surface area contributed by atoms with Crippen LogP contribution in [0.3, 0.4) is 0 Å². The molecule has 1 atom stereocenters. The van der Waals surface area contributed by atoms with E-state index in [1.54, 1.807) is 0 Å². The molecule has 4 heteroatoms. The number of hydrogen-bond acceptors (Lipinski definition) is 2. The summed E-state index contributed by atoms with van der Waals surface area (Å²) in [6, 6.07) is 0.476. The predicted molar refractivity (Wildman–Crippen MR) is 56.4 cm³/mol. The summed E-state index contributed by atoms with van der Waals surface area (Å²) in [5.41, 5.74) is 2.67. The lowest BCUT2D eigenvalue weighted by molar-refractivity contribution is 0.432. The van der Waals surface area contributed by atoms with E-state index in [-0.39, 0.29) is 0 Å². The van der Waals surface area contributed by atoms with Gasteiger partial charge >= 0.3 is 0 Å². The van der Waals surface area contributed by atoms with Gasteiger partial charge in [0.05, 0.1) is 5.69 Å². The van der Waals surface area contributed by atoms with Crippen molar-refractivity contribution in [3.8, 4) is 0 Å². The molecule has 1 aromatic rings. The van der Waals surface area contributed by atoms with E-state index in [9.17, 15) is 0 Å². The average molecular weight is 197 g/mol. The third-order valence-electron chi connectivity index (χ3n) is 2.45. The topological polar surface area (TPSA) is 21.1 Å². The van der Waals surface area contributed by atoms with Gasteiger partial charge in [0.2, 0.25) is 0 Å². The fraction of sp³-hybridized carbons (Fsp3) is 0.667. The van der Waals surface area contributed by atoms with Crippen molar-refractivity contribution in [1.29, 1.82) is 0 Å². The first-order chi connectivity index (χ1) is 6.16.